The van der Waals surface area contributed by atoms with Gasteiger partial charge in [0.1, 0.15) is 11.8 Å². The zero-order valence-corrected chi connectivity index (χ0v) is 14.2. The summed E-state index contributed by atoms with van der Waals surface area (Å²) in [6.07, 6.45) is 0.945. The second kappa shape index (κ2) is 6.67. The van der Waals surface area contributed by atoms with Crippen LogP contribution in [0, 0.1) is 11.3 Å². The molecule has 0 fully saturated rings. The lowest BCUT2D eigenvalue weighted by Gasteiger charge is -2.09. The van der Waals surface area contributed by atoms with Gasteiger partial charge in [0.2, 0.25) is 0 Å². The van der Waals surface area contributed by atoms with E-state index in [1.165, 1.54) is 0 Å². The number of hydrogen-bond donors (Lipinski definition) is 0. The third-order valence-electron chi connectivity index (χ3n) is 4.18. The topological polar surface area (TPSA) is 47.2 Å². The van der Waals surface area contributed by atoms with Gasteiger partial charge < -0.3 is 14.0 Å². The summed E-state index contributed by atoms with van der Waals surface area (Å²) in [5.74, 6) is 1.34. The van der Waals surface area contributed by atoms with Crippen LogP contribution in [0.4, 0.5) is 0 Å². The molecule has 0 saturated carbocycles. The summed E-state index contributed by atoms with van der Waals surface area (Å²) < 4.78 is 13.0. The standard InChI is InChI=1S/C20H20N2O2/c1-4-10-22-16-12-19(24-3)18(23-2)11-15(16)20(17(22)13-21)14-8-6-5-7-9-14/h5-9,11-12H,4,10H2,1-3H3. The number of fused-ring (bicyclic) bond motifs is 1. The number of rotatable bonds is 5. The number of ether oxygens (including phenoxy) is 2. The van der Waals surface area contributed by atoms with E-state index < -0.39 is 0 Å². The summed E-state index contributed by atoms with van der Waals surface area (Å²) in [5, 5.41) is 10.8. The van der Waals surface area contributed by atoms with Gasteiger partial charge in [-0.15, -0.1) is 0 Å². The monoisotopic (exact) mass is 320 g/mol. The second-order valence-electron chi connectivity index (χ2n) is 5.58. The maximum Gasteiger partial charge on any atom is 0.162 e. The molecule has 0 bridgehead atoms. The second-order valence-corrected chi connectivity index (χ2v) is 5.58. The third kappa shape index (κ3) is 2.48. The van der Waals surface area contributed by atoms with Crippen LogP contribution in [0.1, 0.15) is 19.0 Å². The average molecular weight is 320 g/mol. The number of aromatic nitrogens is 1. The molecule has 3 aromatic rings. The lowest BCUT2D eigenvalue weighted by molar-refractivity contribution is 0.355. The van der Waals surface area contributed by atoms with Crippen molar-refractivity contribution in [1.82, 2.24) is 4.57 Å². The van der Waals surface area contributed by atoms with Gasteiger partial charge in [-0.2, -0.15) is 5.26 Å². The summed E-state index contributed by atoms with van der Waals surface area (Å²) in [7, 11) is 3.25. The lowest BCUT2D eigenvalue weighted by atomic mass is 10.0. The molecule has 0 amide bonds. The molecule has 0 saturated heterocycles. The van der Waals surface area contributed by atoms with Crippen molar-refractivity contribution < 1.29 is 9.47 Å². The minimum atomic E-state index is 0.667. The molecule has 0 unspecified atom stereocenters. The van der Waals surface area contributed by atoms with Crippen molar-refractivity contribution in [3.63, 3.8) is 0 Å². The quantitative estimate of drug-likeness (QED) is 0.690. The Morgan fingerprint density at radius 2 is 1.71 bits per heavy atom. The van der Waals surface area contributed by atoms with Crippen LogP contribution in [0.25, 0.3) is 22.0 Å². The van der Waals surface area contributed by atoms with Gasteiger partial charge in [-0.25, -0.2) is 0 Å². The molecular formula is C20H20N2O2. The highest BCUT2D eigenvalue weighted by atomic mass is 16.5. The van der Waals surface area contributed by atoms with Crippen molar-refractivity contribution in [2.24, 2.45) is 0 Å². The van der Waals surface area contributed by atoms with Crippen molar-refractivity contribution in [2.45, 2.75) is 19.9 Å². The molecule has 0 aliphatic rings. The molecule has 3 rings (SSSR count). The lowest BCUT2D eigenvalue weighted by Crippen LogP contribution is -2.00. The van der Waals surface area contributed by atoms with E-state index in [0.717, 1.165) is 35.0 Å². The van der Waals surface area contributed by atoms with Crippen LogP contribution in [0.3, 0.4) is 0 Å². The highest BCUT2D eigenvalue weighted by Crippen LogP contribution is 2.40. The van der Waals surface area contributed by atoms with Crippen LogP contribution < -0.4 is 9.47 Å². The fourth-order valence-electron chi connectivity index (χ4n) is 3.14. The molecule has 1 aromatic heterocycles. The summed E-state index contributed by atoms with van der Waals surface area (Å²) in [6, 6.07) is 16.3. The van der Waals surface area contributed by atoms with Crippen LogP contribution in [0.2, 0.25) is 0 Å². The normalized spacial score (nSPS) is 10.6. The Hall–Kier alpha value is -2.93. The van der Waals surface area contributed by atoms with Gasteiger partial charge in [0.05, 0.1) is 19.7 Å². The van der Waals surface area contributed by atoms with Crippen molar-refractivity contribution in [2.75, 3.05) is 14.2 Å². The molecule has 122 valence electrons. The van der Waals surface area contributed by atoms with E-state index in [-0.39, 0.29) is 0 Å². The SMILES string of the molecule is CCCn1c(C#N)c(-c2ccccc2)c2cc(OC)c(OC)cc21. The van der Waals surface area contributed by atoms with Crippen molar-refractivity contribution in [3.8, 4) is 28.7 Å². The Morgan fingerprint density at radius 1 is 1.04 bits per heavy atom. The minimum Gasteiger partial charge on any atom is -0.493 e. The van der Waals surface area contributed by atoms with E-state index in [9.17, 15) is 5.26 Å². The van der Waals surface area contributed by atoms with Gasteiger partial charge in [-0.3, -0.25) is 0 Å². The smallest absolute Gasteiger partial charge is 0.162 e. The summed E-state index contributed by atoms with van der Waals surface area (Å²) in [4.78, 5) is 0. The number of methoxy groups -OCH3 is 2. The highest BCUT2D eigenvalue weighted by molar-refractivity contribution is 6.01. The first kappa shape index (κ1) is 15.9. The average Bonchev–Trinajstić information content (AvgIpc) is 2.94. The Bertz CT molecular complexity index is 905. The zero-order valence-electron chi connectivity index (χ0n) is 14.2. The molecule has 2 aromatic carbocycles. The van der Waals surface area contributed by atoms with E-state index in [1.54, 1.807) is 14.2 Å². The number of aryl methyl sites for hydroxylation is 1. The van der Waals surface area contributed by atoms with Crippen molar-refractivity contribution in [3.05, 3.63) is 48.2 Å². The summed E-state index contributed by atoms with van der Waals surface area (Å²) in [6.45, 7) is 2.89. The van der Waals surface area contributed by atoms with Gasteiger partial charge >= 0.3 is 0 Å². The Balaban J connectivity index is 2.43. The summed E-state index contributed by atoms with van der Waals surface area (Å²) in [5.41, 5.74) is 3.64. The van der Waals surface area contributed by atoms with E-state index in [0.29, 0.717) is 17.2 Å². The first-order valence-corrected chi connectivity index (χ1v) is 7.98. The van der Waals surface area contributed by atoms with Crippen LogP contribution >= 0.6 is 0 Å². The van der Waals surface area contributed by atoms with E-state index in [4.69, 9.17) is 9.47 Å². The number of nitriles is 1. The number of hydrogen-bond acceptors (Lipinski definition) is 3. The maximum atomic E-state index is 9.81. The molecule has 0 spiro atoms. The van der Waals surface area contributed by atoms with Crippen LogP contribution in [0.5, 0.6) is 11.5 Å². The summed E-state index contributed by atoms with van der Waals surface area (Å²) >= 11 is 0. The van der Waals surface area contributed by atoms with Gasteiger partial charge in [-0.1, -0.05) is 37.3 Å². The Morgan fingerprint density at radius 3 is 2.29 bits per heavy atom. The number of nitrogens with zero attached hydrogens (tertiary/aromatic N) is 2. The maximum absolute atomic E-state index is 9.81. The van der Waals surface area contributed by atoms with Crippen LogP contribution in [-0.4, -0.2) is 18.8 Å². The van der Waals surface area contributed by atoms with Crippen LogP contribution in [0.15, 0.2) is 42.5 Å². The molecule has 0 N–H and O–H groups in total. The molecule has 0 aliphatic heterocycles. The third-order valence-corrected chi connectivity index (χ3v) is 4.18. The Kier molecular flexibility index (Phi) is 4.43. The largest absolute Gasteiger partial charge is 0.493 e. The molecular weight excluding hydrogens is 300 g/mol. The van der Waals surface area contributed by atoms with Crippen LogP contribution in [-0.2, 0) is 6.54 Å². The fourth-order valence-corrected chi connectivity index (χ4v) is 3.14. The molecule has 1 heterocycles. The van der Waals surface area contributed by atoms with Crippen molar-refractivity contribution in [1.29, 1.82) is 5.26 Å². The molecule has 0 atom stereocenters. The first-order valence-electron chi connectivity index (χ1n) is 7.98. The minimum absolute atomic E-state index is 0.667. The first-order chi connectivity index (χ1) is 11.7. The number of benzene rings is 2. The van der Waals surface area contributed by atoms with Gasteiger partial charge in [0, 0.05) is 23.6 Å². The highest BCUT2D eigenvalue weighted by Gasteiger charge is 2.20. The molecule has 24 heavy (non-hydrogen) atoms. The van der Waals surface area contributed by atoms with E-state index in [1.807, 2.05) is 42.5 Å². The molecule has 4 nitrogen and oxygen atoms in total. The predicted octanol–water partition coefficient (Wildman–Crippen LogP) is 4.61. The Labute approximate surface area is 141 Å². The van der Waals surface area contributed by atoms with Gasteiger partial charge in [-0.05, 0) is 18.1 Å². The molecule has 4 heteroatoms. The van der Waals surface area contributed by atoms with Gasteiger partial charge in [0.15, 0.2) is 11.5 Å². The van der Waals surface area contributed by atoms with E-state index in [2.05, 4.69) is 17.6 Å². The zero-order chi connectivity index (χ0) is 17.1. The van der Waals surface area contributed by atoms with Gasteiger partial charge in [0.25, 0.3) is 0 Å². The van der Waals surface area contributed by atoms with E-state index >= 15 is 0 Å². The molecule has 0 aliphatic carbocycles. The van der Waals surface area contributed by atoms with Crippen molar-refractivity contribution >= 4 is 10.9 Å². The molecule has 0 radical (unpaired) electrons. The fraction of sp³-hybridized carbons (Fsp3) is 0.250. The predicted molar refractivity (Wildman–Crippen MR) is 95.5 cm³/mol.